The van der Waals surface area contributed by atoms with Crippen LogP contribution < -0.4 is 20.2 Å². The number of anilines is 1. The van der Waals surface area contributed by atoms with E-state index in [-0.39, 0.29) is 11.6 Å². The van der Waals surface area contributed by atoms with E-state index in [1.54, 1.807) is 48.5 Å². The highest BCUT2D eigenvalue weighted by Crippen LogP contribution is 2.30. The lowest BCUT2D eigenvalue weighted by Crippen LogP contribution is -2.32. The summed E-state index contributed by atoms with van der Waals surface area (Å²) in [6, 6.07) is 15.6. The van der Waals surface area contributed by atoms with E-state index < -0.39 is 17.6 Å². The molecule has 0 aliphatic carbocycles. The molecule has 3 aromatic rings. The van der Waals surface area contributed by atoms with Crippen LogP contribution in [0.4, 0.5) is 10.1 Å². The number of rotatable bonds is 8. The number of hydrogen-bond donors (Lipinski definition) is 2. The number of nitrogens with zero attached hydrogens (tertiary/aromatic N) is 1. The molecule has 0 heterocycles. The number of nitrogens with one attached hydrogen (secondary N) is 2. The smallest absolute Gasteiger partial charge is 0.329 e. The average Bonchev–Trinajstić information content (AvgIpc) is 2.81. The molecule has 0 spiro atoms. The second-order valence-corrected chi connectivity index (χ2v) is 7.61. The number of carbonyl (C=O) groups excluding carboxylic acids is 2. The van der Waals surface area contributed by atoms with Crippen molar-refractivity contribution < 1.29 is 23.5 Å². The molecule has 10 heteroatoms. The van der Waals surface area contributed by atoms with Crippen molar-refractivity contribution in [3.05, 3.63) is 87.7 Å². The molecule has 0 fully saturated rings. The third-order valence-corrected chi connectivity index (χ3v) is 5.06. The first kappa shape index (κ1) is 25.0. The van der Waals surface area contributed by atoms with Crippen molar-refractivity contribution in [1.29, 1.82) is 0 Å². The summed E-state index contributed by atoms with van der Waals surface area (Å²) >= 11 is 12.0. The van der Waals surface area contributed by atoms with Gasteiger partial charge in [0, 0.05) is 5.56 Å². The Hall–Kier alpha value is -3.62. The number of hydrazone groups is 1. The predicted octanol–water partition coefficient (Wildman–Crippen LogP) is 5.20. The van der Waals surface area contributed by atoms with Crippen LogP contribution in [0.25, 0.3) is 0 Å². The van der Waals surface area contributed by atoms with E-state index >= 15 is 0 Å². The van der Waals surface area contributed by atoms with E-state index in [0.717, 1.165) is 0 Å². The van der Waals surface area contributed by atoms with Crippen molar-refractivity contribution in [2.75, 3.05) is 11.9 Å². The molecule has 0 aliphatic heterocycles. The van der Waals surface area contributed by atoms with Crippen LogP contribution in [0.3, 0.4) is 0 Å². The van der Waals surface area contributed by atoms with Crippen molar-refractivity contribution in [1.82, 2.24) is 5.43 Å². The Balaban J connectivity index is 1.61. The van der Waals surface area contributed by atoms with Gasteiger partial charge in [0.2, 0.25) is 0 Å². The Bertz CT molecular complexity index is 1220. The van der Waals surface area contributed by atoms with Gasteiger partial charge in [-0.05, 0) is 55.0 Å². The maximum absolute atomic E-state index is 13.2. The van der Waals surface area contributed by atoms with E-state index in [2.05, 4.69) is 15.8 Å². The van der Waals surface area contributed by atoms with E-state index in [1.807, 2.05) is 6.92 Å². The van der Waals surface area contributed by atoms with Gasteiger partial charge >= 0.3 is 11.8 Å². The molecular weight excluding hydrogens is 484 g/mol. The summed E-state index contributed by atoms with van der Waals surface area (Å²) < 4.78 is 24.6. The van der Waals surface area contributed by atoms with Crippen LogP contribution in [0.5, 0.6) is 11.5 Å². The highest BCUT2D eigenvalue weighted by atomic mass is 35.5. The van der Waals surface area contributed by atoms with E-state index in [0.29, 0.717) is 39.9 Å². The summed E-state index contributed by atoms with van der Waals surface area (Å²) in [5, 5.41) is 6.77. The monoisotopic (exact) mass is 503 g/mol. The summed E-state index contributed by atoms with van der Waals surface area (Å²) in [5.74, 6) is -1.42. The lowest BCUT2D eigenvalue weighted by Gasteiger charge is -2.13. The number of ether oxygens (including phenoxy) is 2. The lowest BCUT2D eigenvalue weighted by atomic mass is 10.2. The topological polar surface area (TPSA) is 89.0 Å². The molecule has 0 saturated carbocycles. The molecule has 0 unspecified atom stereocenters. The van der Waals surface area contributed by atoms with Crippen molar-refractivity contribution in [3.63, 3.8) is 0 Å². The first-order valence-corrected chi connectivity index (χ1v) is 10.9. The van der Waals surface area contributed by atoms with Crippen LogP contribution in [-0.2, 0) is 16.2 Å². The largest absolute Gasteiger partial charge is 0.490 e. The molecule has 34 heavy (non-hydrogen) atoms. The first-order chi connectivity index (χ1) is 16.4. The zero-order valence-corrected chi connectivity index (χ0v) is 19.5. The molecule has 2 N–H and O–H groups in total. The molecule has 3 rings (SSSR count). The quantitative estimate of drug-likeness (QED) is 0.251. The van der Waals surface area contributed by atoms with Crippen LogP contribution in [0.1, 0.15) is 18.1 Å². The van der Waals surface area contributed by atoms with Gasteiger partial charge in [-0.1, -0.05) is 41.4 Å². The molecule has 0 atom stereocenters. The first-order valence-electron chi connectivity index (χ1n) is 10.1. The molecule has 0 bridgehead atoms. The minimum absolute atomic E-state index is 0.114. The molecule has 0 aromatic heterocycles. The van der Waals surface area contributed by atoms with Crippen LogP contribution in [0.15, 0.2) is 65.8 Å². The Morgan fingerprint density at radius 1 is 0.971 bits per heavy atom. The Morgan fingerprint density at radius 3 is 2.50 bits per heavy atom. The number of hydrogen-bond acceptors (Lipinski definition) is 5. The zero-order valence-electron chi connectivity index (χ0n) is 18.0. The highest BCUT2D eigenvalue weighted by molar-refractivity contribution is 6.41. The maximum atomic E-state index is 13.2. The summed E-state index contributed by atoms with van der Waals surface area (Å²) in [4.78, 5) is 24.0. The minimum atomic E-state index is -0.961. The van der Waals surface area contributed by atoms with Crippen LogP contribution in [0.2, 0.25) is 10.0 Å². The van der Waals surface area contributed by atoms with Crippen molar-refractivity contribution >= 4 is 46.9 Å². The van der Waals surface area contributed by atoms with Gasteiger partial charge in [0.25, 0.3) is 0 Å². The second kappa shape index (κ2) is 12.0. The third-order valence-electron chi connectivity index (χ3n) is 4.37. The predicted molar refractivity (Wildman–Crippen MR) is 129 cm³/mol. The molecule has 176 valence electrons. The fraction of sp³-hybridized carbons (Fsp3) is 0.125. The third kappa shape index (κ3) is 6.94. The van der Waals surface area contributed by atoms with Crippen LogP contribution in [0, 0.1) is 5.82 Å². The number of para-hydroxylation sites is 1. The van der Waals surface area contributed by atoms with Gasteiger partial charge in [-0.3, -0.25) is 9.59 Å². The molecule has 0 radical (unpaired) electrons. The Kier molecular flexibility index (Phi) is 8.84. The number of carbonyl (C=O) groups is 2. The SMILES string of the molecule is CCOc1cc(/C=N/NC(=O)C(=O)Nc2ccccc2Cl)ccc1OCc1ccc(F)cc1Cl. The van der Waals surface area contributed by atoms with E-state index in [1.165, 1.54) is 18.3 Å². The fourth-order valence-electron chi connectivity index (χ4n) is 2.74. The van der Waals surface area contributed by atoms with Crippen LogP contribution in [-0.4, -0.2) is 24.6 Å². The summed E-state index contributed by atoms with van der Waals surface area (Å²) in [5.41, 5.74) is 3.67. The fourth-order valence-corrected chi connectivity index (χ4v) is 3.15. The van der Waals surface area contributed by atoms with Gasteiger partial charge in [0.1, 0.15) is 12.4 Å². The van der Waals surface area contributed by atoms with Gasteiger partial charge in [-0.15, -0.1) is 0 Å². The van der Waals surface area contributed by atoms with Crippen molar-refractivity contribution in [2.24, 2.45) is 5.10 Å². The number of halogens is 3. The Morgan fingerprint density at radius 2 is 1.76 bits per heavy atom. The second-order valence-electron chi connectivity index (χ2n) is 6.80. The van der Waals surface area contributed by atoms with Gasteiger partial charge in [-0.25, -0.2) is 9.82 Å². The van der Waals surface area contributed by atoms with Crippen molar-refractivity contribution in [2.45, 2.75) is 13.5 Å². The molecular formula is C24H20Cl2FN3O4. The molecule has 2 amide bonds. The summed E-state index contributed by atoms with van der Waals surface area (Å²) in [6.45, 7) is 2.32. The normalized spacial score (nSPS) is 10.7. The zero-order chi connectivity index (χ0) is 24.5. The van der Waals surface area contributed by atoms with Gasteiger partial charge < -0.3 is 14.8 Å². The molecule has 0 aliphatic rings. The van der Waals surface area contributed by atoms with Gasteiger partial charge in [0.15, 0.2) is 11.5 Å². The highest BCUT2D eigenvalue weighted by Gasteiger charge is 2.14. The summed E-state index contributed by atoms with van der Waals surface area (Å²) in [6.07, 6.45) is 1.35. The lowest BCUT2D eigenvalue weighted by molar-refractivity contribution is -0.136. The summed E-state index contributed by atoms with van der Waals surface area (Å²) in [7, 11) is 0. The number of benzene rings is 3. The van der Waals surface area contributed by atoms with E-state index in [4.69, 9.17) is 32.7 Å². The Labute approximate surface area is 205 Å². The molecule has 0 saturated heterocycles. The molecule has 7 nitrogen and oxygen atoms in total. The van der Waals surface area contributed by atoms with Crippen LogP contribution >= 0.6 is 23.2 Å². The standard InChI is InChI=1S/C24H20Cl2FN3O4/c1-2-33-22-11-15(7-10-21(22)34-14-16-8-9-17(27)12-19(16)26)13-28-30-24(32)23(31)29-20-6-4-3-5-18(20)25/h3-13H,2,14H2,1H3,(H,29,31)(H,30,32)/b28-13+. The van der Waals surface area contributed by atoms with Gasteiger partial charge in [0.05, 0.1) is 28.6 Å². The number of amides is 2. The van der Waals surface area contributed by atoms with E-state index in [9.17, 15) is 14.0 Å². The maximum Gasteiger partial charge on any atom is 0.329 e. The van der Waals surface area contributed by atoms with Crippen molar-refractivity contribution in [3.8, 4) is 11.5 Å². The average molecular weight is 504 g/mol. The molecule has 3 aromatic carbocycles. The van der Waals surface area contributed by atoms with Gasteiger partial charge in [-0.2, -0.15) is 5.10 Å². The minimum Gasteiger partial charge on any atom is -0.490 e.